The Morgan fingerprint density at radius 1 is 1.13 bits per heavy atom. The number of carboxylic acid groups (broad SMARTS) is 1. The van der Waals surface area contributed by atoms with E-state index < -0.39 is 11.9 Å². The van der Waals surface area contributed by atoms with Gasteiger partial charge in [-0.3, -0.25) is 9.59 Å². The number of carbonyl (C=O) groups excluding carboxylic acids is 1. The number of carbonyl (C=O) groups is 2. The van der Waals surface area contributed by atoms with Crippen molar-refractivity contribution in [3.63, 3.8) is 0 Å². The van der Waals surface area contributed by atoms with Crippen molar-refractivity contribution in [1.29, 1.82) is 0 Å². The van der Waals surface area contributed by atoms with Gasteiger partial charge in [0.05, 0.1) is 18.9 Å². The molecule has 1 N–H and O–H groups in total. The Kier molecular flexibility index (Phi) is 6.75. The largest absolute Gasteiger partial charge is 0.481 e. The number of ether oxygens (including phenoxy) is 1. The highest BCUT2D eigenvalue weighted by Crippen LogP contribution is 2.10. The van der Waals surface area contributed by atoms with Crippen molar-refractivity contribution in [2.45, 2.75) is 52.6 Å². The van der Waals surface area contributed by atoms with Crippen LogP contribution in [0.4, 0.5) is 0 Å². The van der Waals surface area contributed by atoms with Crippen LogP contribution in [-0.4, -0.2) is 23.1 Å². The Labute approximate surface area is 90.6 Å². The average Bonchev–Trinajstić information content (AvgIpc) is 2.11. The first-order chi connectivity index (χ1) is 6.91. The third-order valence-corrected chi connectivity index (χ3v) is 2.03. The maximum absolute atomic E-state index is 11.1. The molecule has 0 saturated carbocycles. The number of hydrogen-bond acceptors (Lipinski definition) is 3. The standard InChI is InChI=1S/C11H20O4/c1-8(2)4-5-9(3)15-11(14)7-6-10(12)13/h8-9H,4-7H2,1-3H3,(H,12,13). The summed E-state index contributed by atoms with van der Waals surface area (Å²) in [5, 5.41) is 8.36. The fourth-order valence-corrected chi connectivity index (χ4v) is 1.12. The van der Waals surface area contributed by atoms with Crippen LogP contribution in [0.2, 0.25) is 0 Å². The molecule has 0 fully saturated rings. The molecule has 0 aliphatic rings. The highest BCUT2D eigenvalue weighted by atomic mass is 16.5. The Morgan fingerprint density at radius 3 is 2.20 bits per heavy atom. The van der Waals surface area contributed by atoms with Gasteiger partial charge in [-0.1, -0.05) is 13.8 Å². The third-order valence-electron chi connectivity index (χ3n) is 2.03. The summed E-state index contributed by atoms with van der Waals surface area (Å²) in [6, 6.07) is 0. The Hall–Kier alpha value is -1.06. The molecule has 0 amide bonds. The quantitative estimate of drug-likeness (QED) is 0.663. The minimum Gasteiger partial charge on any atom is -0.481 e. The van der Waals surface area contributed by atoms with E-state index in [0.29, 0.717) is 5.92 Å². The second kappa shape index (κ2) is 7.26. The molecule has 0 aliphatic heterocycles. The number of carboxylic acids is 1. The van der Waals surface area contributed by atoms with Gasteiger partial charge in [0.1, 0.15) is 0 Å². The van der Waals surface area contributed by atoms with E-state index in [-0.39, 0.29) is 18.9 Å². The van der Waals surface area contributed by atoms with Crippen molar-refractivity contribution in [1.82, 2.24) is 0 Å². The van der Waals surface area contributed by atoms with Gasteiger partial charge in [-0.2, -0.15) is 0 Å². The van der Waals surface area contributed by atoms with Crippen molar-refractivity contribution in [3.8, 4) is 0 Å². The zero-order chi connectivity index (χ0) is 11.8. The van der Waals surface area contributed by atoms with Gasteiger partial charge in [0.15, 0.2) is 0 Å². The average molecular weight is 216 g/mol. The molecule has 0 aromatic rings. The van der Waals surface area contributed by atoms with Gasteiger partial charge in [0, 0.05) is 0 Å². The number of esters is 1. The van der Waals surface area contributed by atoms with E-state index in [0.717, 1.165) is 12.8 Å². The van der Waals surface area contributed by atoms with Crippen molar-refractivity contribution in [2.24, 2.45) is 5.92 Å². The summed E-state index contributed by atoms with van der Waals surface area (Å²) >= 11 is 0. The highest BCUT2D eigenvalue weighted by molar-refractivity contribution is 5.76. The molecule has 0 heterocycles. The van der Waals surface area contributed by atoms with Crippen LogP contribution in [0.15, 0.2) is 0 Å². The van der Waals surface area contributed by atoms with Crippen molar-refractivity contribution < 1.29 is 19.4 Å². The van der Waals surface area contributed by atoms with Crippen LogP contribution in [0.3, 0.4) is 0 Å². The van der Waals surface area contributed by atoms with Gasteiger partial charge >= 0.3 is 11.9 Å². The summed E-state index contributed by atoms with van der Waals surface area (Å²) in [5.41, 5.74) is 0. The SMILES string of the molecule is CC(C)CCC(C)OC(=O)CCC(=O)O. The second-order valence-corrected chi connectivity index (χ2v) is 4.17. The zero-order valence-electron chi connectivity index (χ0n) is 9.66. The summed E-state index contributed by atoms with van der Waals surface area (Å²) in [7, 11) is 0. The van der Waals surface area contributed by atoms with Crippen LogP contribution in [-0.2, 0) is 14.3 Å². The molecule has 0 aliphatic carbocycles. The fraction of sp³-hybridized carbons (Fsp3) is 0.818. The molecule has 15 heavy (non-hydrogen) atoms. The summed E-state index contributed by atoms with van der Waals surface area (Å²) in [6.07, 6.45) is 1.52. The zero-order valence-corrected chi connectivity index (χ0v) is 9.66. The van der Waals surface area contributed by atoms with Crippen LogP contribution < -0.4 is 0 Å². The Balaban J connectivity index is 3.62. The molecule has 0 saturated heterocycles. The second-order valence-electron chi connectivity index (χ2n) is 4.17. The lowest BCUT2D eigenvalue weighted by molar-refractivity contribution is -0.151. The Bertz CT molecular complexity index is 211. The molecule has 88 valence electrons. The first kappa shape index (κ1) is 13.9. The molecule has 1 atom stereocenters. The van der Waals surface area contributed by atoms with E-state index in [1.807, 2.05) is 6.92 Å². The summed E-state index contributed by atoms with van der Waals surface area (Å²) in [5.74, 6) is -0.805. The smallest absolute Gasteiger partial charge is 0.306 e. The number of hydrogen-bond donors (Lipinski definition) is 1. The van der Waals surface area contributed by atoms with E-state index in [2.05, 4.69) is 13.8 Å². The predicted molar refractivity (Wildman–Crippen MR) is 56.5 cm³/mol. The first-order valence-electron chi connectivity index (χ1n) is 5.33. The van der Waals surface area contributed by atoms with E-state index in [4.69, 9.17) is 9.84 Å². The molecule has 0 bridgehead atoms. The summed E-state index contributed by atoms with van der Waals surface area (Å²) in [4.78, 5) is 21.3. The van der Waals surface area contributed by atoms with Crippen molar-refractivity contribution >= 4 is 11.9 Å². The molecule has 4 heteroatoms. The summed E-state index contributed by atoms with van der Waals surface area (Å²) < 4.78 is 5.05. The molecule has 4 nitrogen and oxygen atoms in total. The van der Waals surface area contributed by atoms with Crippen LogP contribution in [0.1, 0.15) is 46.5 Å². The molecular weight excluding hydrogens is 196 g/mol. The van der Waals surface area contributed by atoms with Crippen LogP contribution in [0.5, 0.6) is 0 Å². The van der Waals surface area contributed by atoms with E-state index >= 15 is 0 Å². The molecule has 0 rings (SSSR count). The number of aliphatic carboxylic acids is 1. The topological polar surface area (TPSA) is 63.6 Å². The molecule has 1 unspecified atom stereocenters. The third kappa shape index (κ3) is 9.25. The van der Waals surface area contributed by atoms with Gasteiger partial charge in [-0.05, 0) is 25.7 Å². The van der Waals surface area contributed by atoms with Gasteiger partial charge in [-0.25, -0.2) is 0 Å². The van der Waals surface area contributed by atoms with Gasteiger partial charge in [0.25, 0.3) is 0 Å². The van der Waals surface area contributed by atoms with Crippen LogP contribution in [0, 0.1) is 5.92 Å². The normalized spacial score (nSPS) is 12.5. The van der Waals surface area contributed by atoms with Gasteiger partial charge < -0.3 is 9.84 Å². The molecule has 0 aromatic carbocycles. The van der Waals surface area contributed by atoms with Crippen LogP contribution >= 0.6 is 0 Å². The highest BCUT2D eigenvalue weighted by Gasteiger charge is 2.11. The Morgan fingerprint density at radius 2 is 1.73 bits per heavy atom. The monoisotopic (exact) mass is 216 g/mol. The summed E-state index contributed by atoms with van der Waals surface area (Å²) in [6.45, 7) is 6.05. The molecule has 0 aromatic heterocycles. The van der Waals surface area contributed by atoms with E-state index in [1.165, 1.54) is 0 Å². The number of rotatable bonds is 7. The van der Waals surface area contributed by atoms with E-state index in [9.17, 15) is 9.59 Å². The maximum atomic E-state index is 11.1. The molecule has 0 radical (unpaired) electrons. The first-order valence-corrected chi connectivity index (χ1v) is 5.33. The van der Waals surface area contributed by atoms with Gasteiger partial charge in [0.2, 0.25) is 0 Å². The lowest BCUT2D eigenvalue weighted by Crippen LogP contribution is -2.16. The molecule has 0 spiro atoms. The lowest BCUT2D eigenvalue weighted by atomic mass is 10.1. The van der Waals surface area contributed by atoms with Crippen LogP contribution in [0.25, 0.3) is 0 Å². The fourth-order valence-electron chi connectivity index (χ4n) is 1.12. The van der Waals surface area contributed by atoms with Crippen molar-refractivity contribution in [3.05, 3.63) is 0 Å². The van der Waals surface area contributed by atoms with Gasteiger partial charge in [-0.15, -0.1) is 0 Å². The van der Waals surface area contributed by atoms with Crippen molar-refractivity contribution in [2.75, 3.05) is 0 Å². The minimum atomic E-state index is -0.971. The lowest BCUT2D eigenvalue weighted by Gasteiger charge is -2.13. The van der Waals surface area contributed by atoms with E-state index in [1.54, 1.807) is 0 Å². The predicted octanol–water partition coefficient (Wildman–Crippen LogP) is 2.22. The maximum Gasteiger partial charge on any atom is 0.306 e. The molecular formula is C11H20O4. The minimum absolute atomic E-state index is 0.0403.